The molecule has 0 saturated carbocycles. The van der Waals surface area contributed by atoms with Crippen molar-refractivity contribution in [2.75, 3.05) is 6.54 Å². The molecule has 23 heavy (non-hydrogen) atoms. The van der Waals surface area contributed by atoms with Crippen LogP contribution in [-0.2, 0) is 0 Å². The van der Waals surface area contributed by atoms with Crippen molar-refractivity contribution in [2.24, 2.45) is 0 Å². The lowest BCUT2D eigenvalue weighted by molar-refractivity contribution is 0.000336. The average molecular weight is 318 g/mol. The molecule has 0 spiro atoms. The zero-order valence-corrected chi connectivity index (χ0v) is 14.3. The summed E-state index contributed by atoms with van der Waals surface area (Å²) in [6, 6.07) is 6.59. The predicted molar refractivity (Wildman–Crippen MR) is 89.4 cm³/mol. The second-order valence-corrected chi connectivity index (χ2v) is 7.02. The van der Waals surface area contributed by atoms with Crippen molar-refractivity contribution in [1.29, 1.82) is 0 Å². The van der Waals surface area contributed by atoms with E-state index >= 15 is 0 Å². The molecule has 1 fully saturated rings. The first-order chi connectivity index (χ1) is 10.7. The highest BCUT2D eigenvalue weighted by molar-refractivity contribution is 5.98. The van der Waals surface area contributed by atoms with E-state index in [0.29, 0.717) is 17.7 Å². The maximum Gasteiger partial charge on any atom is 0.254 e. The minimum Gasteiger partial charge on any atom is -0.388 e. The summed E-state index contributed by atoms with van der Waals surface area (Å²) < 4.78 is 0. The summed E-state index contributed by atoms with van der Waals surface area (Å²) in [5.74, 6) is -0.236. The molecule has 1 aromatic rings. The van der Waals surface area contributed by atoms with E-state index in [4.69, 9.17) is 0 Å². The molecule has 2 amide bonds. The first-order valence-corrected chi connectivity index (χ1v) is 8.14. The van der Waals surface area contributed by atoms with Crippen molar-refractivity contribution in [2.45, 2.75) is 58.2 Å². The van der Waals surface area contributed by atoms with Crippen LogP contribution in [0.25, 0.3) is 0 Å². The molecule has 2 N–H and O–H groups in total. The van der Waals surface area contributed by atoms with Gasteiger partial charge in [0.1, 0.15) is 0 Å². The van der Waals surface area contributed by atoms with Crippen LogP contribution < -0.4 is 5.32 Å². The van der Waals surface area contributed by atoms with Gasteiger partial charge in [-0.1, -0.05) is 0 Å². The Bertz CT molecular complexity index is 573. The van der Waals surface area contributed by atoms with Crippen molar-refractivity contribution >= 4 is 11.8 Å². The average Bonchev–Trinajstić information content (AvgIpc) is 2.95. The summed E-state index contributed by atoms with van der Waals surface area (Å²) in [6.07, 6.45) is 1.71. The molecule has 1 heterocycles. The Labute approximate surface area is 137 Å². The zero-order valence-electron chi connectivity index (χ0n) is 14.3. The highest BCUT2D eigenvalue weighted by Gasteiger charge is 2.38. The van der Waals surface area contributed by atoms with Crippen LogP contribution in [0.1, 0.15) is 61.3 Å². The smallest absolute Gasteiger partial charge is 0.254 e. The van der Waals surface area contributed by atoms with E-state index in [1.807, 2.05) is 13.8 Å². The third kappa shape index (κ3) is 4.10. The van der Waals surface area contributed by atoms with E-state index in [-0.39, 0.29) is 23.9 Å². The summed E-state index contributed by atoms with van der Waals surface area (Å²) in [5, 5.41) is 13.1. The van der Waals surface area contributed by atoms with Gasteiger partial charge in [-0.2, -0.15) is 0 Å². The molecule has 1 aliphatic rings. The van der Waals surface area contributed by atoms with Crippen molar-refractivity contribution in [3.8, 4) is 0 Å². The molecule has 0 bridgehead atoms. The fraction of sp³-hybridized carbons (Fsp3) is 0.556. The van der Waals surface area contributed by atoms with Crippen molar-refractivity contribution in [1.82, 2.24) is 10.2 Å². The van der Waals surface area contributed by atoms with Crippen molar-refractivity contribution < 1.29 is 14.7 Å². The van der Waals surface area contributed by atoms with Crippen LogP contribution in [0.4, 0.5) is 0 Å². The SMILES string of the molecule is CC(C)NC(=O)c1ccc(C(=O)N2CCCC2C(C)(C)O)cc1. The number of benzene rings is 1. The Morgan fingerprint density at radius 1 is 1.22 bits per heavy atom. The van der Waals surface area contributed by atoms with Crippen LogP contribution in [-0.4, -0.2) is 46.1 Å². The van der Waals surface area contributed by atoms with Gasteiger partial charge in [0, 0.05) is 23.7 Å². The zero-order chi connectivity index (χ0) is 17.2. The van der Waals surface area contributed by atoms with Gasteiger partial charge < -0.3 is 15.3 Å². The van der Waals surface area contributed by atoms with Gasteiger partial charge in [-0.15, -0.1) is 0 Å². The van der Waals surface area contributed by atoms with E-state index in [2.05, 4.69) is 5.32 Å². The molecule has 0 aromatic heterocycles. The number of nitrogens with zero attached hydrogens (tertiary/aromatic N) is 1. The molecule has 1 atom stereocenters. The molecular weight excluding hydrogens is 292 g/mol. The summed E-state index contributed by atoms with van der Waals surface area (Å²) in [7, 11) is 0. The minimum absolute atomic E-state index is 0.0703. The number of likely N-dealkylation sites (tertiary alicyclic amines) is 1. The maximum atomic E-state index is 12.7. The lowest BCUT2D eigenvalue weighted by Crippen LogP contribution is -2.48. The van der Waals surface area contributed by atoms with Gasteiger partial charge in [-0.05, 0) is 64.8 Å². The molecule has 0 radical (unpaired) electrons. The summed E-state index contributed by atoms with van der Waals surface area (Å²) in [4.78, 5) is 26.4. The van der Waals surface area contributed by atoms with Gasteiger partial charge in [0.15, 0.2) is 0 Å². The number of amides is 2. The van der Waals surface area contributed by atoms with E-state index in [0.717, 1.165) is 12.8 Å². The number of aliphatic hydroxyl groups is 1. The second-order valence-electron chi connectivity index (χ2n) is 7.02. The van der Waals surface area contributed by atoms with E-state index in [1.165, 1.54) is 0 Å². The normalized spacial score (nSPS) is 18.3. The van der Waals surface area contributed by atoms with Gasteiger partial charge >= 0.3 is 0 Å². The van der Waals surface area contributed by atoms with Gasteiger partial charge in [0.05, 0.1) is 11.6 Å². The maximum absolute atomic E-state index is 12.7. The number of carbonyl (C=O) groups is 2. The third-order valence-corrected chi connectivity index (χ3v) is 4.14. The lowest BCUT2D eigenvalue weighted by atomic mass is 9.96. The molecule has 5 heteroatoms. The Morgan fingerprint density at radius 3 is 2.30 bits per heavy atom. The molecular formula is C18H26N2O3. The number of carbonyl (C=O) groups excluding carboxylic acids is 2. The number of hydrogen-bond acceptors (Lipinski definition) is 3. The summed E-state index contributed by atoms with van der Waals surface area (Å²) >= 11 is 0. The molecule has 1 saturated heterocycles. The molecule has 0 aliphatic carbocycles. The number of rotatable bonds is 4. The quantitative estimate of drug-likeness (QED) is 0.894. The van der Waals surface area contributed by atoms with E-state index in [1.54, 1.807) is 43.0 Å². The summed E-state index contributed by atoms with van der Waals surface area (Å²) in [6.45, 7) is 7.94. The highest BCUT2D eigenvalue weighted by Crippen LogP contribution is 2.28. The topological polar surface area (TPSA) is 69.6 Å². The van der Waals surface area contributed by atoms with Crippen LogP contribution in [0.2, 0.25) is 0 Å². The number of hydrogen-bond donors (Lipinski definition) is 2. The van der Waals surface area contributed by atoms with Gasteiger partial charge in [-0.25, -0.2) is 0 Å². The van der Waals surface area contributed by atoms with Crippen LogP contribution in [0.3, 0.4) is 0 Å². The Hall–Kier alpha value is -1.88. The molecule has 1 unspecified atom stereocenters. The van der Waals surface area contributed by atoms with Crippen LogP contribution in [0, 0.1) is 0 Å². The van der Waals surface area contributed by atoms with Crippen molar-refractivity contribution in [3.05, 3.63) is 35.4 Å². The molecule has 1 aliphatic heterocycles. The van der Waals surface area contributed by atoms with E-state index < -0.39 is 5.60 Å². The van der Waals surface area contributed by atoms with Gasteiger partial charge in [-0.3, -0.25) is 9.59 Å². The predicted octanol–water partition coefficient (Wildman–Crippen LogP) is 2.20. The van der Waals surface area contributed by atoms with Gasteiger partial charge in [0.25, 0.3) is 11.8 Å². The highest BCUT2D eigenvalue weighted by atomic mass is 16.3. The summed E-state index contributed by atoms with van der Waals surface area (Å²) in [5.41, 5.74) is 0.168. The first-order valence-electron chi connectivity index (χ1n) is 8.14. The third-order valence-electron chi connectivity index (χ3n) is 4.14. The molecule has 5 nitrogen and oxygen atoms in total. The standard InChI is InChI=1S/C18H26N2O3/c1-12(2)19-16(21)13-7-9-14(10-8-13)17(22)20-11-5-6-15(20)18(3,4)23/h7-10,12,15,23H,5-6,11H2,1-4H3,(H,19,21). The minimum atomic E-state index is -0.913. The Kier molecular flexibility index (Phi) is 5.09. The van der Waals surface area contributed by atoms with Crippen molar-refractivity contribution in [3.63, 3.8) is 0 Å². The largest absolute Gasteiger partial charge is 0.388 e. The molecule has 126 valence electrons. The van der Waals surface area contributed by atoms with Gasteiger partial charge in [0.2, 0.25) is 0 Å². The molecule has 1 aromatic carbocycles. The fourth-order valence-electron chi connectivity index (χ4n) is 3.02. The second kappa shape index (κ2) is 6.71. The monoisotopic (exact) mass is 318 g/mol. The van der Waals surface area contributed by atoms with Crippen LogP contribution in [0.5, 0.6) is 0 Å². The Morgan fingerprint density at radius 2 is 1.78 bits per heavy atom. The fourth-order valence-corrected chi connectivity index (χ4v) is 3.02. The number of nitrogens with one attached hydrogen (secondary N) is 1. The van der Waals surface area contributed by atoms with E-state index in [9.17, 15) is 14.7 Å². The van der Waals surface area contributed by atoms with Crippen LogP contribution >= 0.6 is 0 Å². The Balaban J connectivity index is 2.13. The van der Waals surface area contributed by atoms with Crippen LogP contribution in [0.15, 0.2) is 24.3 Å². The lowest BCUT2D eigenvalue weighted by Gasteiger charge is -2.33. The first kappa shape index (κ1) is 17.5. The molecule has 2 rings (SSSR count).